The summed E-state index contributed by atoms with van der Waals surface area (Å²) in [5, 5.41) is 0.647. The molecule has 1 aliphatic heterocycles. The Kier molecular flexibility index (Phi) is 4.73. The minimum atomic E-state index is -0.682. The van der Waals surface area contributed by atoms with E-state index in [4.69, 9.17) is 5.73 Å². The maximum atomic E-state index is 15.5. The number of carbonyl (C=O) groups is 2. The van der Waals surface area contributed by atoms with Gasteiger partial charge in [-0.1, -0.05) is 25.6 Å². The van der Waals surface area contributed by atoms with Crippen molar-refractivity contribution < 1.29 is 14.0 Å². The van der Waals surface area contributed by atoms with Gasteiger partial charge in [0, 0.05) is 28.9 Å². The third kappa shape index (κ3) is 2.83. The van der Waals surface area contributed by atoms with Gasteiger partial charge in [-0.25, -0.2) is 4.39 Å². The molecule has 0 bridgehead atoms. The number of amides is 2. The van der Waals surface area contributed by atoms with Crippen molar-refractivity contribution in [1.82, 2.24) is 4.98 Å². The summed E-state index contributed by atoms with van der Waals surface area (Å²) in [6, 6.07) is 6.80. The Bertz CT molecular complexity index is 1230. The summed E-state index contributed by atoms with van der Waals surface area (Å²) in [5.41, 5.74) is 10.7. The summed E-state index contributed by atoms with van der Waals surface area (Å²) in [7, 11) is 0. The van der Waals surface area contributed by atoms with Crippen LogP contribution in [-0.2, 0) is 4.79 Å². The average Bonchev–Trinajstić information content (AvgIpc) is 3.01. The molecule has 3 aromatic rings. The molecule has 0 spiro atoms. The van der Waals surface area contributed by atoms with Crippen LogP contribution in [0, 0.1) is 19.7 Å². The molecule has 2 amide bonds. The highest BCUT2D eigenvalue weighted by Gasteiger charge is 2.30. The Hall–Kier alpha value is -3.41. The van der Waals surface area contributed by atoms with Gasteiger partial charge in [-0.15, -0.1) is 0 Å². The second kappa shape index (κ2) is 7.13. The number of aromatic nitrogens is 1. The molecule has 6 heteroatoms. The largest absolute Gasteiger partial charge is 0.366 e. The van der Waals surface area contributed by atoms with Gasteiger partial charge in [0.25, 0.3) is 5.91 Å². The molecule has 0 saturated carbocycles. The molecule has 0 aliphatic carbocycles. The average molecular weight is 405 g/mol. The molecular formula is C24H24FN3O2. The minimum absolute atomic E-state index is 0.128. The highest BCUT2D eigenvalue weighted by Crippen LogP contribution is 2.45. The summed E-state index contributed by atoms with van der Waals surface area (Å²) in [5.74, 6) is -1.23. The number of rotatable bonds is 3. The number of hydrogen-bond donors (Lipinski definition) is 2. The molecule has 1 unspecified atom stereocenters. The highest BCUT2D eigenvalue weighted by molar-refractivity contribution is 6.11. The maximum Gasteiger partial charge on any atom is 0.250 e. The van der Waals surface area contributed by atoms with Crippen molar-refractivity contribution in [2.75, 3.05) is 11.4 Å². The lowest BCUT2D eigenvalue weighted by Crippen LogP contribution is -2.35. The van der Waals surface area contributed by atoms with Crippen molar-refractivity contribution in [2.24, 2.45) is 5.73 Å². The molecule has 1 aromatic heterocycles. The number of carbonyl (C=O) groups excluding carboxylic acids is 2. The first-order chi connectivity index (χ1) is 14.3. The summed E-state index contributed by atoms with van der Waals surface area (Å²) < 4.78 is 15.5. The summed E-state index contributed by atoms with van der Waals surface area (Å²) in [6.07, 6.45) is 2.06. The fourth-order valence-corrected chi connectivity index (χ4v) is 4.53. The van der Waals surface area contributed by atoms with E-state index in [0.29, 0.717) is 23.0 Å². The van der Waals surface area contributed by atoms with Crippen LogP contribution in [0.3, 0.4) is 0 Å². The van der Waals surface area contributed by atoms with Crippen LogP contribution < -0.4 is 10.6 Å². The van der Waals surface area contributed by atoms with Crippen molar-refractivity contribution >= 4 is 28.4 Å². The zero-order valence-electron chi connectivity index (χ0n) is 17.3. The molecule has 0 fully saturated rings. The fourth-order valence-electron chi connectivity index (χ4n) is 4.53. The number of fused-ring (bicyclic) bond motifs is 2. The summed E-state index contributed by atoms with van der Waals surface area (Å²) >= 11 is 0. The topological polar surface area (TPSA) is 79.2 Å². The molecule has 154 valence electrons. The zero-order chi connectivity index (χ0) is 21.7. The highest BCUT2D eigenvalue weighted by atomic mass is 19.1. The molecule has 5 nitrogen and oxygen atoms in total. The number of H-pyrrole nitrogens is 1. The van der Waals surface area contributed by atoms with Crippen molar-refractivity contribution in [1.29, 1.82) is 0 Å². The van der Waals surface area contributed by atoms with Crippen molar-refractivity contribution in [3.8, 4) is 11.1 Å². The first-order valence-corrected chi connectivity index (χ1v) is 9.94. The van der Waals surface area contributed by atoms with Gasteiger partial charge in [-0.05, 0) is 61.1 Å². The SMILES string of the molecule is C=CC(=O)N1CCC(C)c2c(-c3c(F)cc(C(N)=O)c4[nH]c(C)c(C)c34)cccc21. The van der Waals surface area contributed by atoms with Crippen LogP contribution in [0.1, 0.15) is 46.4 Å². The van der Waals surface area contributed by atoms with E-state index in [9.17, 15) is 9.59 Å². The monoisotopic (exact) mass is 405 g/mol. The van der Waals surface area contributed by atoms with E-state index >= 15 is 4.39 Å². The first kappa shape index (κ1) is 19.9. The van der Waals surface area contributed by atoms with Gasteiger partial charge < -0.3 is 15.6 Å². The van der Waals surface area contributed by atoms with Crippen molar-refractivity contribution in [3.63, 3.8) is 0 Å². The molecule has 30 heavy (non-hydrogen) atoms. The molecule has 0 saturated heterocycles. The number of primary amides is 1. The summed E-state index contributed by atoms with van der Waals surface area (Å²) in [4.78, 5) is 29.3. The quantitative estimate of drug-likeness (QED) is 0.619. The number of aromatic amines is 1. The van der Waals surface area contributed by atoms with E-state index in [0.717, 1.165) is 34.5 Å². The Morgan fingerprint density at radius 1 is 1.33 bits per heavy atom. The van der Waals surface area contributed by atoms with E-state index in [-0.39, 0.29) is 17.4 Å². The van der Waals surface area contributed by atoms with Crippen LogP contribution in [0.4, 0.5) is 10.1 Å². The number of benzene rings is 2. The Balaban J connectivity index is 2.09. The second-order valence-electron chi connectivity index (χ2n) is 7.89. The third-order valence-corrected chi connectivity index (χ3v) is 6.16. The van der Waals surface area contributed by atoms with Gasteiger partial charge in [0.15, 0.2) is 0 Å². The van der Waals surface area contributed by atoms with Gasteiger partial charge in [0.05, 0.1) is 11.1 Å². The zero-order valence-corrected chi connectivity index (χ0v) is 17.3. The van der Waals surface area contributed by atoms with E-state index in [2.05, 4.69) is 18.5 Å². The number of anilines is 1. The molecule has 2 aromatic carbocycles. The summed E-state index contributed by atoms with van der Waals surface area (Å²) in [6.45, 7) is 10.1. The maximum absolute atomic E-state index is 15.5. The number of halogens is 1. The molecule has 1 atom stereocenters. The number of hydrogen-bond acceptors (Lipinski definition) is 2. The Morgan fingerprint density at radius 2 is 2.07 bits per heavy atom. The molecule has 4 rings (SSSR count). The molecule has 0 radical (unpaired) electrons. The third-order valence-electron chi connectivity index (χ3n) is 6.16. The standard InChI is InChI=1S/C24H24FN3O2/c1-5-19(29)28-10-9-12(2)20-15(7-6-8-18(20)28)22-17(25)11-16(24(26)30)23-21(22)13(3)14(4)27-23/h5-8,11-12,27H,1,9-10H2,2-4H3,(H2,26,30). The van der Waals surface area contributed by atoms with Crippen molar-refractivity contribution in [2.45, 2.75) is 33.1 Å². The van der Waals surface area contributed by atoms with Crippen LogP contribution in [0.15, 0.2) is 36.9 Å². The minimum Gasteiger partial charge on any atom is -0.366 e. The normalized spacial score (nSPS) is 15.9. The van der Waals surface area contributed by atoms with Crippen LogP contribution in [0.5, 0.6) is 0 Å². The van der Waals surface area contributed by atoms with E-state index in [1.54, 1.807) is 4.90 Å². The van der Waals surface area contributed by atoms with Gasteiger partial charge in [0.1, 0.15) is 5.82 Å². The van der Waals surface area contributed by atoms with Crippen molar-refractivity contribution in [3.05, 3.63) is 65.1 Å². The number of nitrogens with two attached hydrogens (primary N) is 1. The van der Waals surface area contributed by atoms with Crippen LogP contribution in [0.2, 0.25) is 0 Å². The fraction of sp³-hybridized carbons (Fsp3) is 0.250. The predicted molar refractivity (Wildman–Crippen MR) is 117 cm³/mol. The van der Waals surface area contributed by atoms with E-state index < -0.39 is 11.7 Å². The second-order valence-corrected chi connectivity index (χ2v) is 7.89. The molecule has 3 N–H and O–H groups in total. The van der Waals surface area contributed by atoms with Crippen LogP contribution in [0.25, 0.3) is 22.0 Å². The van der Waals surface area contributed by atoms with Crippen LogP contribution >= 0.6 is 0 Å². The number of nitrogens with one attached hydrogen (secondary N) is 1. The van der Waals surface area contributed by atoms with Gasteiger partial charge >= 0.3 is 0 Å². The predicted octanol–water partition coefficient (Wildman–Crippen LogP) is 4.72. The van der Waals surface area contributed by atoms with Gasteiger partial charge in [-0.2, -0.15) is 0 Å². The Labute approximate surface area is 174 Å². The molecule has 2 heterocycles. The number of aryl methyl sites for hydroxylation is 2. The lowest BCUT2D eigenvalue weighted by Gasteiger charge is -2.34. The van der Waals surface area contributed by atoms with E-state index in [1.807, 2.05) is 32.0 Å². The Morgan fingerprint density at radius 3 is 2.73 bits per heavy atom. The first-order valence-electron chi connectivity index (χ1n) is 9.94. The van der Waals surface area contributed by atoms with Gasteiger partial charge in [0.2, 0.25) is 5.91 Å². The molecule has 1 aliphatic rings. The van der Waals surface area contributed by atoms with Gasteiger partial charge in [-0.3, -0.25) is 9.59 Å². The smallest absolute Gasteiger partial charge is 0.250 e. The lowest BCUT2D eigenvalue weighted by molar-refractivity contribution is -0.114. The van der Waals surface area contributed by atoms with Crippen LogP contribution in [-0.4, -0.2) is 23.3 Å². The number of nitrogens with zero attached hydrogens (tertiary/aromatic N) is 1. The van der Waals surface area contributed by atoms with E-state index in [1.165, 1.54) is 12.1 Å². The lowest BCUT2D eigenvalue weighted by atomic mass is 9.83. The molecular weight excluding hydrogens is 381 g/mol.